The van der Waals surface area contributed by atoms with Crippen LogP contribution in [0.2, 0.25) is 5.02 Å². The fourth-order valence-electron chi connectivity index (χ4n) is 2.36. The minimum atomic E-state index is 0.502. The average molecular weight is 301 g/mol. The topological polar surface area (TPSA) is 30.7 Å². The zero-order valence-corrected chi connectivity index (χ0v) is 11.0. The summed E-state index contributed by atoms with van der Waals surface area (Å²) < 4.78 is 2.85. The van der Waals surface area contributed by atoms with Crippen LogP contribution in [0, 0.1) is 0 Å². The molecule has 0 atom stereocenters. The Morgan fingerprint density at radius 1 is 1.31 bits per heavy atom. The van der Waals surface area contributed by atoms with Gasteiger partial charge < -0.3 is 0 Å². The monoisotopic (exact) mass is 299 g/mol. The van der Waals surface area contributed by atoms with Crippen molar-refractivity contribution in [3.8, 4) is 0 Å². The Bertz CT molecular complexity index is 531. The molecule has 0 radical (unpaired) electrons. The zero-order valence-electron chi connectivity index (χ0n) is 8.66. The summed E-state index contributed by atoms with van der Waals surface area (Å²) in [7, 11) is 0. The fourth-order valence-corrected chi connectivity index (χ4v) is 2.86. The van der Waals surface area contributed by atoms with Gasteiger partial charge in [-0.3, -0.25) is 0 Å². The van der Waals surface area contributed by atoms with Crippen molar-refractivity contribution in [3.05, 3.63) is 21.9 Å². The predicted octanol–water partition coefficient (Wildman–Crippen LogP) is 3.96. The molecular weight excluding hydrogens is 289 g/mol. The van der Waals surface area contributed by atoms with Gasteiger partial charge in [-0.1, -0.05) is 24.4 Å². The molecule has 3 rings (SSSR count). The van der Waals surface area contributed by atoms with Crippen molar-refractivity contribution in [1.82, 2.24) is 14.8 Å². The second-order valence-corrected chi connectivity index (χ2v) is 5.42. The molecule has 1 aliphatic rings. The van der Waals surface area contributed by atoms with E-state index in [0.29, 0.717) is 11.1 Å². The van der Waals surface area contributed by atoms with Crippen LogP contribution < -0.4 is 0 Å². The highest BCUT2D eigenvalue weighted by molar-refractivity contribution is 9.10. The number of rotatable bonds is 1. The summed E-state index contributed by atoms with van der Waals surface area (Å²) in [5.41, 5.74) is 0.903. The highest BCUT2D eigenvalue weighted by Crippen LogP contribution is 2.34. The molecule has 0 N–H and O–H groups in total. The van der Waals surface area contributed by atoms with E-state index in [1.54, 1.807) is 6.20 Å². The van der Waals surface area contributed by atoms with Crippen molar-refractivity contribution >= 4 is 38.6 Å². The smallest absolute Gasteiger partial charge is 0.159 e. The summed E-state index contributed by atoms with van der Waals surface area (Å²) in [5, 5.41) is 6.06. The van der Waals surface area contributed by atoms with Crippen molar-refractivity contribution < 1.29 is 0 Å². The van der Waals surface area contributed by atoms with E-state index in [0.717, 1.165) is 15.5 Å². The van der Waals surface area contributed by atoms with Crippen LogP contribution in [-0.4, -0.2) is 14.8 Å². The Morgan fingerprint density at radius 2 is 2.06 bits per heavy atom. The Balaban J connectivity index is 2.16. The van der Waals surface area contributed by atoms with Crippen LogP contribution in [-0.2, 0) is 0 Å². The van der Waals surface area contributed by atoms with Gasteiger partial charge in [0.05, 0.1) is 27.1 Å². The summed E-state index contributed by atoms with van der Waals surface area (Å²) in [6, 6.07) is 0.502. The van der Waals surface area contributed by atoms with Gasteiger partial charge in [0.25, 0.3) is 0 Å². The third-order valence-corrected chi connectivity index (χ3v) is 4.42. The first-order valence-electron chi connectivity index (χ1n) is 5.44. The van der Waals surface area contributed by atoms with E-state index < -0.39 is 0 Å². The number of pyridine rings is 1. The quantitative estimate of drug-likeness (QED) is 0.798. The molecule has 0 amide bonds. The van der Waals surface area contributed by atoms with Crippen LogP contribution in [0.4, 0.5) is 0 Å². The average Bonchev–Trinajstić information content (AvgIpc) is 2.91. The third kappa shape index (κ3) is 1.55. The van der Waals surface area contributed by atoms with Gasteiger partial charge in [-0.15, -0.1) is 0 Å². The molecule has 2 heterocycles. The molecule has 0 bridgehead atoms. The standard InChI is InChI=1S/C11H11BrClN3/c12-9-6-14-11-8(10(9)13)5-15-16(11)7-3-1-2-4-7/h5-7H,1-4H2. The van der Waals surface area contributed by atoms with E-state index in [1.165, 1.54) is 25.7 Å². The SMILES string of the molecule is Clc1c(Br)cnc2c1cnn2C1CCCC1. The van der Waals surface area contributed by atoms with Crippen molar-refractivity contribution in [2.45, 2.75) is 31.7 Å². The van der Waals surface area contributed by atoms with E-state index in [-0.39, 0.29) is 0 Å². The largest absolute Gasteiger partial charge is 0.244 e. The normalized spacial score (nSPS) is 17.4. The molecule has 5 heteroatoms. The first-order valence-corrected chi connectivity index (χ1v) is 6.61. The van der Waals surface area contributed by atoms with Crippen molar-refractivity contribution in [2.24, 2.45) is 0 Å². The molecule has 0 spiro atoms. The number of nitrogens with zero attached hydrogens (tertiary/aromatic N) is 3. The highest BCUT2D eigenvalue weighted by Gasteiger charge is 2.21. The number of hydrogen-bond donors (Lipinski definition) is 0. The second-order valence-electron chi connectivity index (χ2n) is 4.18. The maximum atomic E-state index is 6.21. The number of aromatic nitrogens is 3. The Kier molecular flexibility index (Phi) is 2.64. The van der Waals surface area contributed by atoms with Crippen LogP contribution in [0.15, 0.2) is 16.9 Å². The molecule has 3 nitrogen and oxygen atoms in total. The lowest BCUT2D eigenvalue weighted by molar-refractivity contribution is 0.478. The summed E-state index contributed by atoms with van der Waals surface area (Å²) in [4.78, 5) is 4.42. The Hall–Kier alpha value is -0.610. The highest BCUT2D eigenvalue weighted by atomic mass is 79.9. The van der Waals surface area contributed by atoms with Crippen LogP contribution in [0.5, 0.6) is 0 Å². The van der Waals surface area contributed by atoms with Gasteiger partial charge in [-0.2, -0.15) is 5.10 Å². The Morgan fingerprint density at radius 3 is 2.81 bits per heavy atom. The Labute approximate surface area is 107 Å². The lowest BCUT2D eigenvalue weighted by atomic mass is 10.2. The van der Waals surface area contributed by atoms with Crippen molar-refractivity contribution in [2.75, 3.05) is 0 Å². The molecule has 0 unspecified atom stereocenters. The molecular formula is C11H11BrClN3. The maximum Gasteiger partial charge on any atom is 0.159 e. The van der Waals surface area contributed by atoms with Crippen molar-refractivity contribution in [3.63, 3.8) is 0 Å². The number of fused-ring (bicyclic) bond motifs is 1. The summed E-state index contributed by atoms with van der Waals surface area (Å²) in [5.74, 6) is 0. The summed E-state index contributed by atoms with van der Waals surface area (Å²) >= 11 is 9.58. The molecule has 84 valence electrons. The van der Waals surface area contributed by atoms with Gasteiger partial charge in [-0.05, 0) is 28.8 Å². The second kappa shape index (κ2) is 4.00. The first-order chi connectivity index (χ1) is 7.77. The van der Waals surface area contributed by atoms with Crippen molar-refractivity contribution in [1.29, 1.82) is 0 Å². The van der Waals surface area contributed by atoms with E-state index in [4.69, 9.17) is 11.6 Å². The van der Waals surface area contributed by atoms with Crippen LogP contribution in [0.25, 0.3) is 11.0 Å². The molecule has 1 saturated carbocycles. The first kappa shape index (κ1) is 10.5. The number of hydrogen-bond acceptors (Lipinski definition) is 2. The fraction of sp³-hybridized carbons (Fsp3) is 0.455. The summed E-state index contributed by atoms with van der Waals surface area (Å²) in [6.45, 7) is 0. The zero-order chi connectivity index (χ0) is 11.1. The van der Waals surface area contributed by atoms with Gasteiger partial charge in [-0.25, -0.2) is 9.67 Å². The number of halogens is 2. The molecule has 16 heavy (non-hydrogen) atoms. The lowest BCUT2D eigenvalue weighted by Gasteiger charge is -2.10. The van der Waals surface area contributed by atoms with Gasteiger partial charge in [0, 0.05) is 6.20 Å². The van der Waals surface area contributed by atoms with Crippen LogP contribution in [0.1, 0.15) is 31.7 Å². The molecule has 0 aliphatic heterocycles. The maximum absolute atomic E-state index is 6.21. The van der Waals surface area contributed by atoms with Gasteiger partial charge in [0.2, 0.25) is 0 Å². The molecule has 2 aromatic heterocycles. The van der Waals surface area contributed by atoms with E-state index in [2.05, 4.69) is 26.0 Å². The molecule has 1 aliphatic carbocycles. The molecule has 0 saturated heterocycles. The molecule has 2 aromatic rings. The molecule has 0 aromatic carbocycles. The van der Waals surface area contributed by atoms with Crippen LogP contribution >= 0.6 is 27.5 Å². The minimum Gasteiger partial charge on any atom is -0.244 e. The van der Waals surface area contributed by atoms with E-state index in [1.807, 2.05) is 10.9 Å². The third-order valence-electron chi connectivity index (χ3n) is 3.19. The van der Waals surface area contributed by atoms with Gasteiger partial charge >= 0.3 is 0 Å². The van der Waals surface area contributed by atoms with Crippen LogP contribution in [0.3, 0.4) is 0 Å². The predicted molar refractivity (Wildman–Crippen MR) is 67.7 cm³/mol. The van der Waals surface area contributed by atoms with E-state index >= 15 is 0 Å². The van der Waals surface area contributed by atoms with Gasteiger partial charge in [0.15, 0.2) is 5.65 Å². The van der Waals surface area contributed by atoms with Gasteiger partial charge in [0.1, 0.15) is 0 Å². The molecule has 1 fully saturated rings. The van der Waals surface area contributed by atoms with E-state index in [9.17, 15) is 0 Å². The lowest BCUT2D eigenvalue weighted by Crippen LogP contribution is -2.06. The summed E-state index contributed by atoms with van der Waals surface area (Å²) in [6.07, 6.45) is 8.54. The minimum absolute atomic E-state index is 0.502.